The molecule has 0 bridgehead atoms. The van der Waals surface area contributed by atoms with E-state index in [-0.39, 0.29) is 24.3 Å². The maximum absolute atomic E-state index is 13.7. The number of thiazole rings is 1. The van der Waals surface area contributed by atoms with Gasteiger partial charge in [0.05, 0.1) is 19.0 Å². The molecule has 0 N–H and O–H groups in total. The van der Waals surface area contributed by atoms with Gasteiger partial charge in [0.1, 0.15) is 5.75 Å². The van der Waals surface area contributed by atoms with E-state index in [9.17, 15) is 9.59 Å². The number of benzene rings is 1. The smallest absolute Gasteiger partial charge is 0.233 e. The number of fused-ring (bicyclic) bond motifs is 1. The fourth-order valence-electron chi connectivity index (χ4n) is 4.84. The third-order valence-electron chi connectivity index (χ3n) is 6.42. The van der Waals surface area contributed by atoms with E-state index >= 15 is 0 Å². The zero-order chi connectivity index (χ0) is 22.7. The molecule has 170 valence electrons. The van der Waals surface area contributed by atoms with Crippen molar-refractivity contribution in [1.82, 2.24) is 9.55 Å². The van der Waals surface area contributed by atoms with Crippen molar-refractivity contribution in [2.24, 2.45) is 0 Å². The highest BCUT2D eigenvalue weighted by Gasteiger charge is 2.30. The highest BCUT2D eigenvalue weighted by Crippen LogP contribution is 2.33. The first-order chi connectivity index (χ1) is 15.5. The van der Waals surface area contributed by atoms with Crippen LogP contribution in [0.3, 0.4) is 0 Å². The molecule has 0 unspecified atom stereocenters. The van der Waals surface area contributed by atoms with Crippen LogP contribution < -0.4 is 9.64 Å². The molecule has 1 fully saturated rings. The maximum Gasteiger partial charge on any atom is 0.233 e. The van der Waals surface area contributed by atoms with E-state index < -0.39 is 0 Å². The first-order valence-corrected chi connectivity index (χ1v) is 12.4. The molecule has 0 atom stereocenters. The second-order valence-electron chi connectivity index (χ2n) is 8.47. The average Bonchev–Trinajstić information content (AvgIpc) is 3.41. The summed E-state index contributed by atoms with van der Waals surface area (Å²) < 4.78 is 7.22. The van der Waals surface area contributed by atoms with Crippen LogP contribution in [0.5, 0.6) is 5.75 Å². The Bertz CT molecular complexity index is 1100. The van der Waals surface area contributed by atoms with Crippen LogP contribution in [0.15, 0.2) is 29.8 Å². The molecule has 1 saturated carbocycles. The van der Waals surface area contributed by atoms with Gasteiger partial charge in [-0.2, -0.15) is 0 Å². The molecule has 1 aliphatic carbocycles. The van der Waals surface area contributed by atoms with Gasteiger partial charge in [-0.15, -0.1) is 11.3 Å². The SMILES string of the molecule is CCCC(=O)n1c(C)c(CC(=O)N(c2nccs2)C2CCCCC2)c2cc(OC)ccc21. The molecule has 0 radical (unpaired) electrons. The van der Waals surface area contributed by atoms with Crippen molar-refractivity contribution in [2.45, 2.75) is 71.3 Å². The van der Waals surface area contributed by atoms with Crippen molar-refractivity contribution in [3.63, 3.8) is 0 Å². The lowest BCUT2D eigenvalue weighted by Crippen LogP contribution is -2.42. The van der Waals surface area contributed by atoms with Crippen LogP contribution >= 0.6 is 11.3 Å². The number of hydrogen-bond donors (Lipinski definition) is 0. The molecule has 0 aliphatic heterocycles. The van der Waals surface area contributed by atoms with Crippen molar-refractivity contribution in [3.05, 3.63) is 41.0 Å². The lowest BCUT2D eigenvalue weighted by Gasteiger charge is -2.32. The topological polar surface area (TPSA) is 64.4 Å². The lowest BCUT2D eigenvalue weighted by atomic mass is 9.94. The van der Waals surface area contributed by atoms with Gasteiger partial charge < -0.3 is 4.74 Å². The summed E-state index contributed by atoms with van der Waals surface area (Å²) in [6.45, 7) is 3.94. The van der Waals surface area contributed by atoms with E-state index in [4.69, 9.17) is 4.74 Å². The third kappa shape index (κ3) is 4.31. The highest BCUT2D eigenvalue weighted by molar-refractivity contribution is 7.13. The predicted octanol–water partition coefficient (Wildman–Crippen LogP) is 5.76. The normalized spacial score (nSPS) is 14.6. The van der Waals surface area contributed by atoms with Gasteiger partial charge in [-0.25, -0.2) is 4.98 Å². The molecular formula is C25H31N3O3S. The standard InChI is InChI=1S/C25H31N3O3S/c1-4-8-23(29)27-17(2)20(21-15-19(31-3)11-12-22(21)27)16-24(30)28(25-26-13-14-32-25)18-9-6-5-7-10-18/h11-15,18H,4-10,16H2,1-3H3. The summed E-state index contributed by atoms with van der Waals surface area (Å²) in [7, 11) is 1.63. The van der Waals surface area contributed by atoms with Crippen LogP contribution in [-0.4, -0.2) is 34.5 Å². The van der Waals surface area contributed by atoms with E-state index in [2.05, 4.69) is 4.98 Å². The van der Waals surface area contributed by atoms with Gasteiger partial charge in [-0.05, 0) is 49.9 Å². The Morgan fingerprint density at radius 1 is 1.25 bits per heavy atom. The number of methoxy groups -OCH3 is 1. The minimum Gasteiger partial charge on any atom is -0.497 e. The molecule has 4 rings (SSSR count). The fourth-order valence-corrected chi connectivity index (χ4v) is 5.57. The van der Waals surface area contributed by atoms with Gasteiger partial charge in [0.25, 0.3) is 0 Å². The summed E-state index contributed by atoms with van der Waals surface area (Å²) in [6.07, 6.45) is 8.76. The summed E-state index contributed by atoms with van der Waals surface area (Å²) in [5, 5.41) is 3.59. The summed E-state index contributed by atoms with van der Waals surface area (Å²) in [6, 6.07) is 5.91. The van der Waals surface area contributed by atoms with E-state index in [1.165, 1.54) is 17.8 Å². The second kappa shape index (κ2) is 9.86. The lowest BCUT2D eigenvalue weighted by molar-refractivity contribution is -0.118. The largest absolute Gasteiger partial charge is 0.497 e. The highest BCUT2D eigenvalue weighted by atomic mass is 32.1. The number of amides is 1. The van der Waals surface area contributed by atoms with Crippen molar-refractivity contribution >= 4 is 39.2 Å². The van der Waals surface area contributed by atoms with Gasteiger partial charge in [-0.3, -0.25) is 19.1 Å². The van der Waals surface area contributed by atoms with Gasteiger partial charge in [0, 0.05) is 35.1 Å². The molecule has 6 nitrogen and oxygen atoms in total. The van der Waals surface area contributed by atoms with Crippen LogP contribution in [0, 0.1) is 6.92 Å². The number of aromatic nitrogens is 2. The number of rotatable bonds is 7. The third-order valence-corrected chi connectivity index (χ3v) is 7.19. The first kappa shape index (κ1) is 22.5. The summed E-state index contributed by atoms with van der Waals surface area (Å²) in [4.78, 5) is 33.0. The quantitative estimate of drug-likeness (QED) is 0.456. The number of carbonyl (C=O) groups is 2. The summed E-state index contributed by atoms with van der Waals surface area (Å²) in [5.74, 6) is 0.818. The monoisotopic (exact) mass is 453 g/mol. The number of nitrogens with zero attached hydrogens (tertiary/aromatic N) is 3. The molecular weight excluding hydrogens is 422 g/mol. The Labute approximate surface area is 193 Å². The Hall–Kier alpha value is -2.67. The minimum absolute atomic E-state index is 0.0414. The molecule has 1 aliphatic rings. The maximum atomic E-state index is 13.7. The second-order valence-corrected chi connectivity index (χ2v) is 9.35. The van der Waals surface area contributed by atoms with Crippen LogP contribution in [-0.2, 0) is 11.2 Å². The zero-order valence-corrected chi connectivity index (χ0v) is 19.9. The molecule has 0 saturated heterocycles. The van der Waals surface area contributed by atoms with E-state index in [1.807, 2.05) is 42.3 Å². The van der Waals surface area contributed by atoms with E-state index in [1.54, 1.807) is 17.9 Å². The van der Waals surface area contributed by atoms with Crippen molar-refractivity contribution in [3.8, 4) is 5.75 Å². The summed E-state index contributed by atoms with van der Waals surface area (Å²) >= 11 is 1.51. The zero-order valence-electron chi connectivity index (χ0n) is 19.1. The van der Waals surface area contributed by atoms with Crippen LogP contribution in [0.25, 0.3) is 10.9 Å². The van der Waals surface area contributed by atoms with Crippen LogP contribution in [0.4, 0.5) is 5.13 Å². The van der Waals surface area contributed by atoms with E-state index in [0.29, 0.717) is 6.42 Å². The van der Waals surface area contributed by atoms with Gasteiger partial charge in [-0.1, -0.05) is 26.2 Å². The Morgan fingerprint density at radius 3 is 2.69 bits per heavy atom. The number of ether oxygens (including phenoxy) is 1. The Balaban J connectivity index is 1.75. The summed E-state index contributed by atoms with van der Waals surface area (Å²) in [5.41, 5.74) is 2.57. The Morgan fingerprint density at radius 2 is 2.03 bits per heavy atom. The van der Waals surface area contributed by atoms with Gasteiger partial charge in [0.2, 0.25) is 11.8 Å². The molecule has 2 heterocycles. The van der Waals surface area contributed by atoms with E-state index in [0.717, 1.165) is 65.1 Å². The molecule has 2 aromatic heterocycles. The van der Waals surface area contributed by atoms with Crippen molar-refractivity contribution in [2.75, 3.05) is 12.0 Å². The van der Waals surface area contributed by atoms with Crippen LogP contribution in [0.2, 0.25) is 0 Å². The molecule has 1 aromatic carbocycles. The fraction of sp³-hybridized carbons (Fsp3) is 0.480. The van der Waals surface area contributed by atoms with Gasteiger partial charge in [0.15, 0.2) is 5.13 Å². The average molecular weight is 454 g/mol. The number of carbonyl (C=O) groups excluding carboxylic acids is 2. The molecule has 32 heavy (non-hydrogen) atoms. The first-order valence-electron chi connectivity index (χ1n) is 11.5. The van der Waals surface area contributed by atoms with Crippen molar-refractivity contribution in [1.29, 1.82) is 0 Å². The number of hydrogen-bond acceptors (Lipinski definition) is 5. The number of anilines is 1. The minimum atomic E-state index is 0.0414. The molecule has 0 spiro atoms. The Kier molecular flexibility index (Phi) is 6.94. The van der Waals surface area contributed by atoms with Gasteiger partial charge >= 0.3 is 0 Å². The molecule has 1 amide bonds. The predicted molar refractivity (Wildman–Crippen MR) is 129 cm³/mol. The molecule has 3 aromatic rings. The van der Waals surface area contributed by atoms with Crippen molar-refractivity contribution < 1.29 is 14.3 Å². The molecule has 7 heteroatoms. The van der Waals surface area contributed by atoms with Crippen LogP contribution in [0.1, 0.15) is 67.9 Å².